The van der Waals surface area contributed by atoms with Gasteiger partial charge in [0.15, 0.2) is 5.78 Å². The smallest absolute Gasteiger partial charge is 0.293 e. The van der Waals surface area contributed by atoms with Crippen LogP contribution in [-0.4, -0.2) is 29.4 Å². The molecular weight excluding hydrogens is 362 g/mol. The fourth-order valence-corrected chi connectivity index (χ4v) is 2.32. The number of carbonyl (C=O) groups is 3. The van der Waals surface area contributed by atoms with E-state index >= 15 is 0 Å². The van der Waals surface area contributed by atoms with E-state index in [-0.39, 0.29) is 0 Å². The van der Waals surface area contributed by atoms with Crippen LogP contribution in [0.3, 0.4) is 0 Å². The quantitative estimate of drug-likeness (QED) is 0.364. The second kappa shape index (κ2) is 7.69. The number of Topliss-reactive ketones (excluding diaryl/α,β-unsaturated/α-hetero) is 2. The first-order chi connectivity index (χ1) is 11.0. The standard InChI is InChI=1S/C17H14BrNO4/c1-23-13-9-7-12(8-10-13)19-17(22)16(21)14(18)15(20)11-5-3-2-4-6-11/h2-10,14H,1H3,(H,19,22). The first-order valence-electron chi connectivity index (χ1n) is 6.75. The highest BCUT2D eigenvalue weighted by atomic mass is 79.9. The summed E-state index contributed by atoms with van der Waals surface area (Å²) in [5.41, 5.74) is 0.802. The predicted molar refractivity (Wildman–Crippen MR) is 90.1 cm³/mol. The van der Waals surface area contributed by atoms with E-state index in [1.807, 2.05) is 0 Å². The molecule has 23 heavy (non-hydrogen) atoms. The summed E-state index contributed by atoms with van der Waals surface area (Å²) < 4.78 is 5.01. The third kappa shape index (κ3) is 4.26. The Morgan fingerprint density at radius 2 is 1.61 bits per heavy atom. The number of ketones is 2. The molecule has 6 heteroatoms. The van der Waals surface area contributed by atoms with Gasteiger partial charge in [0, 0.05) is 11.3 Å². The molecule has 0 saturated carbocycles. The van der Waals surface area contributed by atoms with Gasteiger partial charge in [-0.2, -0.15) is 0 Å². The highest BCUT2D eigenvalue weighted by Gasteiger charge is 2.29. The Kier molecular flexibility index (Phi) is 5.65. The number of nitrogens with one attached hydrogen (secondary N) is 1. The molecule has 2 rings (SSSR count). The number of methoxy groups -OCH3 is 1. The summed E-state index contributed by atoms with van der Waals surface area (Å²) in [7, 11) is 1.53. The number of hydrogen-bond acceptors (Lipinski definition) is 4. The van der Waals surface area contributed by atoms with Gasteiger partial charge in [-0.3, -0.25) is 14.4 Å². The summed E-state index contributed by atoms with van der Waals surface area (Å²) in [6, 6.07) is 14.8. The van der Waals surface area contributed by atoms with E-state index in [1.165, 1.54) is 7.11 Å². The zero-order valence-electron chi connectivity index (χ0n) is 12.3. The summed E-state index contributed by atoms with van der Waals surface area (Å²) in [6.45, 7) is 0. The second-order valence-electron chi connectivity index (χ2n) is 4.64. The molecule has 0 aliphatic rings. The third-order valence-corrected chi connectivity index (χ3v) is 3.92. The number of rotatable bonds is 6. The van der Waals surface area contributed by atoms with Gasteiger partial charge in [0.05, 0.1) is 7.11 Å². The fourth-order valence-electron chi connectivity index (χ4n) is 1.85. The van der Waals surface area contributed by atoms with Crippen molar-refractivity contribution in [2.45, 2.75) is 4.83 Å². The Morgan fingerprint density at radius 1 is 1.00 bits per heavy atom. The van der Waals surface area contributed by atoms with Gasteiger partial charge in [-0.25, -0.2) is 0 Å². The van der Waals surface area contributed by atoms with Crippen LogP contribution in [0.25, 0.3) is 0 Å². The van der Waals surface area contributed by atoms with Crippen molar-refractivity contribution < 1.29 is 19.1 Å². The Morgan fingerprint density at radius 3 is 2.17 bits per heavy atom. The van der Waals surface area contributed by atoms with Crippen molar-refractivity contribution in [3.8, 4) is 5.75 Å². The van der Waals surface area contributed by atoms with Crippen molar-refractivity contribution in [1.29, 1.82) is 0 Å². The maximum absolute atomic E-state index is 12.2. The SMILES string of the molecule is COc1ccc(NC(=O)C(=O)C(Br)C(=O)c2ccccc2)cc1. The number of ether oxygens (including phenoxy) is 1. The minimum absolute atomic E-state index is 0.361. The molecule has 1 unspecified atom stereocenters. The monoisotopic (exact) mass is 375 g/mol. The van der Waals surface area contributed by atoms with Crippen LogP contribution in [0.4, 0.5) is 5.69 Å². The Balaban J connectivity index is 2.03. The van der Waals surface area contributed by atoms with Crippen LogP contribution in [0.2, 0.25) is 0 Å². The van der Waals surface area contributed by atoms with Crippen LogP contribution in [0.1, 0.15) is 10.4 Å². The van der Waals surface area contributed by atoms with E-state index in [0.29, 0.717) is 17.0 Å². The summed E-state index contributed by atoms with van der Waals surface area (Å²) in [4.78, 5) is 35.0. The van der Waals surface area contributed by atoms with Crippen molar-refractivity contribution in [3.05, 3.63) is 60.2 Å². The van der Waals surface area contributed by atoms with E-state index < -0.39 is 22.3 Å². The van der Waals surface area contributed by atoms with Crippen molar-refractivity contribution in [1.82, 2.24) is 0 Å². The number of halogens is 1. The maximum atomic E-state index is 12.2. The number of hydrogen-bond donors (Lipinski definition) is 1. The Labute approximate surface area is 141 Å². The Hall–Kier alpha value is -2.47. The molecule has 2 aromatic rings. The summed E-state index contributed by atoms with van der Waals surface area (Å²) in [6.07, 6.45) is 0. The van der Waals surface area contributed by atoms with E-state index in [9.17, 15) is 14.4 Å². The molecule has 118 valence electrons. The molecule has 1 N–H and O–H groups in total. The number of benzene rings is 2. The number of anilines is 1. The van der Waals surface area contributed by atoms with Gasteiger partial charge in [-0.1, -0.05) is 46.3 Å². The molecule has 1 amide bonds. The van der Waals surface area contributed by atoms with Gasteiger partial charge in [-0.15, -0.1) is 0 Å². The maximum Gasteiger partial charge on any atom is 0.293 e. The van der Waals surface area contributed by atoms with Crippen LogP contribution in [-0.2, 0) is 9.59 Å². The summed E-state index contributed by atoms with van der Waals surface area (Å²) in [5, 5.41) is 2.45. The average molecular weight is 376 g/mol. The lowest BCUT2D eigenvalue weighted by Crippen LogP contribution is -2.34. The fraction of sp³-hybridized carbons (Fsp3) is 0.118. The van der Waals surface area contributed by atoms with Crippen LogP contribution >= 0.6 is 15.9 Å². The van der Waals surface area contributed by atoms with E-state index in [1.54, 1.807) is 54.6 Å². The van der Waals surface area contributed by atoms with Crippen LogP contribution in [0, 0.1) is 0 Å². The molecule has 0 aromatic heterocycles. The summed E-state index contributed by atoms with van der Waals surface area (Å²) in [5.74, 6) is -1.54. The second-order valence-corrected chi connectivity index (χ2v) is 5.56. The molecule has 0 saturated heterocycles. The first-order valence-corrected chi connectivity index (χ1v) is 7.67. The van der Waals surface area contributed by atoms with Crippen LogP contribution in [0.15, 0.2) is 54.6 Å². The van der Waals surface area contributed by atoms with E-state index in [0.717, 1.165) is 0 Å². The zero-order chi connectivity index (χ0) is 16.8. The van der Waals surface area contributed by atoms with Gasteiger partial charge in [-0.05, 0) is 24.3 Å². The molecule has 0 bridgehead atoms. The first kappa shape index (κ1) is 16.9. The topological polar surface area (TPSA) is 72.5 Å². The molecule has 0 aliphatic carbocycles. The molecule has 0 heterocycles. The lowest BCUT2D eigenvalue weighted by Gasteiger charge is -2.09. The molecular formula is C17H14BrNO4. The van der Waals surface area contributed by atoms with Crippen molar-refractivity contribution in [2.75, 3.05) is 12.4 Å². The van der Waals surface area contributed by atoms with Crippen LogP contribution in [0.5, 0.6) is 5.75 Å². The zero-order valence-corrected chi connectivity index (χ0v) is 13.9. The van der Waals surface area contributed by atoms with Crippen molar-refractivity contribution in [3.63, 3.8) is 0 Å². The molecule has 0 fully saturated rings. The summed E-state index contributed by atoms with van der Waals surface area (Å²) >= 11 is 3.00. The number of carbonyl (C=O) groups excluding carboxylic acids is 3. The minimum Gasteiger partial charge on any atom is -0.497 e. The van der Waals surface area contributed by atoms with Gasteiger partial charge in [0.2, 0.25) is 5.78 Å². The molecule has 1 atom stereocenters. The van der Waals surface area contributed by atoms with Crippen molar-refractivity contribution >= 4 is 39.1 Å². The lowest BCUT2D eigenvalue weighted by atomic mass is 10.1. The highest BCUT2D eigenvalue weighted by molar-refractivity contribution is 9.10. The van der Waals surface area contributed by atoms with E-state index in [4.69, 9.17) is 4.74 Å². The third-order valence-electron chi connectivity index (χ3n) is 3.09. The molecule has 0 aliphatic heterocycles. The molecule has 0 spiro atoms. The molecule has 2 aromatic carbocycles. The molecule has 0 radical (unpaired) electrons. The number of alkyl halides is 1. The van der Waals surface area contributed by atoms with Crippen LogP contribution < -0.4 is 10.1 Å². The lowest BCUT2D eigenvalue weighted by molar-refractivity contribution is -0.133. The highest BCUT2D eigenvalue weighted by Crippen LogP contribution is 2.16. The largest absolute Gasteiger partial charge is 0.497 e. The predicted octanol–water partition coefficient (Wildman–Crippen LogP) is 2.85. The van der Waals surface area contributed by atoms with Gasteiger partial charge in [0.25, 0.3) is 5.91 Å². The normalized spacial score (nSPS) is 11.4. The number of amides is 1. The van der Waals surface area contributed by atoms with Gasteiger partial charge in [0.1, 0.15) is 10.6 Å². The van der Waals surface area contributed by atoms with E-state index in [2.05, 4.69) is 21.2 Å². The molecule has 5 nitrogen and oxygen atoms in total. The average Bonchev–Trinajstić information content (AvgIpc) is 2.61. The minimum atomic E-state index is -1.22. The van der Waals surface area contributed by atoms with Crippen molar-refractivity contribution in [2.24, 2.45) is 0 Å². The Bertz CT molecular complexity index is 713. The van der Waals surface area contributed by atoms with Gasteiger partial charge < -0.3 is 10.1 Å². The van der Waals surface area contributed by atoms with Gasteiger partial charge >= 0.3 is 0 Å².